The zero-order valence-corrected chi connectivity index (χ0v) is 20.3. The number of nitrogens with one attached hydrogen (secondary N) is 2. The van der Waals surface area contributed by atoms with Crippen molar-refractivity contribution in [2.24, 2.45) is 10.2 Å². The molecule has 2 aliphatic rings. The molecule has 0 bridgehead atoms. The highest BCUT2D eigenvalue weighted by atomic mass is 35.5. The van der Waals surface area contributed by atoms with Crippen LogP contribution in [0.25, 0.3) is 0 Å². The fourth-order valence-corrected chi connectivity index (χ4v) is 4.48. The number of nitrogens with zero attached hydrogens (tertiary/aromatic N) is 3. The fourth-order valence-electron chi connectivity index (χ4n) is 4.22. The summed E-state index contributed by atoms with van der Waals surface area (Å²) in [4.78, 5) is 27.9. The molecule has 0 radical (unpaired) electrons. The number of halogens is 1. The van der Waals surface area contributed by atoms with Crippen LogP contribution < -0.4 is 10.6 Å². The number of azo groups is 1. The zero-order chi connectivity index (χ0) is 24.1. The number of ether oxygens (including phenoxy) is 1. The summed E-state index contributed by atoms with van der Waals surface area (Å²) in [6, 6.07) is 9.18. The topological polar surface area (TPSA) is 95.4 Å². The van der Waals surface area contributed by atoms with Crippen molar-refractivity contribution >= 4 is 34.8 Å². The van der Waals surface area contributed by atoms with E-state index in [9.17, 15) is 9.59 Å². The number of benzene rings is 2. The number of rotatable bonds is 8. The van der Waals surface area contributed by atoms with Crippen LogP contribution in [0.5, 0.6) is 0 Å². The predicted molar refractivity (Wildman–Crippen MR) is 132 cm³/mol. The van der Waals surface area contributed by atoms with E-state index in [1.54, 1.807) is 12.1 Å². The quantitative estimate of drug-likeness (QED) is 0.407. The number of alkyl halides is 1. The first-order chi connectivity index (χ1) is 16.4. The van der Waals surface area contributed by atoms with Gasteiger partial charge in [-0.15, -0.1) is 0 Å². The minimum absolute atomic E-state index is 0.0622. The molecule has 2 N–H and O–H groups in total. The molecule has 0 spiro atoms. The Hall–Kier alpha value is -2.81. The molecule has 0 saturated carbocycles. The predicted octanol–water partition coefficient (Wildman–Crippen LogP) is 5.02. The molecule has 0 aliphatic carbocycles. The number of hydrogen-bond donors (Lipinski definition) is 2. The number of anilines is 2. The zero-order valence-electron chi connectivity index (χ0n) is 19.6. The monoisotopic (exact) mass is 483 g/mol. The maximum absolute atomic E-state index is 13.1. The van der Waals surface area contributed by atoms with Gasteiger partial charge in [-0.05, 0) is 86.3 Å². The lowest BCUT2D eigenvalue weighted by atomic mass is 10.0. The van der Waals surface area contributed by atoms with Gasteiger partial charge in [-0.1, -0.05) is 17.7 Å². The molecule has 0 aromatic heterocycles. The molecule has 34 heavy (non-hydrogen) atoms. The molecule has 1 saturated heterocycles. The summed E-state index contributed by atoms with van der Waals surface area (Å²) in [6.45, 7) is 7.48. The van der Waals surface area contributed by atoms with Crippen molar-refractivity contribution in [3.8, 4) is 0 Å². The largest absolute Gasteiger partial charge is 0.377 e. The summed E-state index contributed by atoms with van der Waals surface area (Å²) in [7, 11) is 0. The van der Waals surface area contributed by atoms with E-state index in [2.05, 4.69) is 25.8 Å². The molecule has 2 aliphatic heterocycles. The molecular weight excluding hydrogens is 454 g/mol. The minimum atomic E-state index is -0.592. The van der Waals surface area contributed by atoms with Crippen molar-refractivity contribution in [1.29, 1.82) is 0 Å². The van der Waals surface area contributed by atoms with Gasteiger partial charge in [0.2, 0.25) is 5.91 Å². The third-order valence-electron chi connectivity index (χ3n) is 6.12. The number of carbonyl (C=O) groups excluding carboxylic acids is 2. The summed E-state index contributed by atoms with van der Waals surface area (Å²) in [5, 5.41) is 14.0. The van der Waals surface area contributed by atoms with Crippen LogP contribution in [-0.2, 0) is 22.7 Å². The van der Waals surface area contributed by atoms with Crippen LogP contribution in [0.4, 0.5) is 11.4 Å². The number of carbonyl (C=O) groups is 2. The van der Waals surface area contributed by atoms with Crippen LogP contribution in [0.2, 0.25) is 0 Å². The highest BCUT2D eigenvalue weighted by Crippen LogP contribution is 2.32. The van der Waals surface area contributed by atoms with E-state index in [0.29, 0.717) is 43.2 Å². The Labute approximate surface area is 204 Å². The second kappa shape index (κ2) is 11.1. The number of hydrogen-bond acceptors (Lipinski definition) is 6. The molecule has 9 heteroatoms. The molecule has 1 unspecified atom stereocenters. The van der Waals surface area contributed by atoms with E-state index in [-0.39, 0.29) is 11.8 Å². The van der Waals surface area contributed by atoms with Crippen LogP contribution in [0.1, 0.15) is 57.9 Å². The lowest BCUT2D eigenvalue weighted by Crippen LogP contribution is -2.31. The Bertz CT molecular complexity index is 1100. The third-order valence-corrected chi connectivity index (χ3v) is 6.44. The summed E-state index contributed by atoms with van der Waals surface area (Å²) in [5.74, 6) is -0.326. The Balaban J connectivity index is 1.55. The first-order valence-electron chi connectivity index (χ1n) is 11.6. The molecule has 1 atom stereocenters. The molecule has 8 nitrogen and oxygen atoms in total. The van der Waals surface area contributed by atoms with Gasteiger partial charge in [-0.25, -0.2) is 0 Å². The third kappa shape index (κ3) is 5.81. The summed E-state index contributed by atoms with van der Waals surface area (Å²) < 4.78 is 5.58. The highest BCUT2D eigenvalue weighted by Gasteiger charge is 2.20. The van der Waals surface area contributed by atoms with Crippen LogP contribution in [0, 0.1) is 6.92 Å². The van der Waals surface area contributed by atoms with Crippen LogP contribution in [0.15, 0.2) is 40.6 Å². The van der Waals surface area contributed by atoms with E-state index in [1.165, 1.54) is 0 Å². The van der Waals surface area contributed by atoms with Gasteiger partial charge in [0.15, 0.2) is 5.50 Å². The second-order valence-corrected chi connectivity index (χ2v) is 9.02. The maximum atomic E-state index is 13.1. The molecule has 4 rings (SSSR count). The van der Waals surface area contributed by atoms with E-state index in [1.807, 2.05) is 32.0 Å². The standard InChI is InChI=1S/C25H30ClN5O3/c1-3-34-15-17-10-21(28-23(32)14-31-8-4-5-9-31)16(2)22(11-17)29-25(33)18-6-7-19-13-27-30-24(26)20(19)12-18/h6-7,10-12,24H,3-5,8-9,13-15H2,1-2H3,(H,28,32)(H,29,33). The van der Waals surface area contributed by atoms with Crippen LogP contribution >= 0.6 is 11.6 Å². The Morgan fingerprint density at radius 3 is 2.62 bits per heavy atom. The normalized spacial score (nSPS) is 17.4. The van der Waals surface area contributed by atoms with E-state index >= 15 is 0 Å². The van der Waals surface area contributed by atoms with Crippen molar-refractivity contribution in [3.63, 3.8) is 0 Å². The highest BCUT2D eigenvalue weighted by molar-refractivity contribution is 6.21. The van der Waals surface area contributed by atoms with E-state index in [4.69, 9.17) is 16.3 Å². The van der Waals surface area contributed by atoms with Gasteiger partial charge in [0, 0.05) is 23.5 Å². The Kier molecular flexibility index (Phi) is 7.92. The summed E-state index contributed by atoms with van der Waals surface area (Å²) >= 11 is 6.26. The average Bonchev–Trinajstić information content (AvgIpc) is 3.33. The van der Waals surface area contributed by atoms with Gasteiger partial charge in [-0.2, -0.15) is 10.2 Å². The number of fused-ring (bicyclic) bond motifs is 1. The second-order valence-electron chi connectivity index (χ2n) is 8.60. The molecule has 2 heterocycles. The van der Waals surface area contributed by atoms with Gasteiger partial charge in [0.1, 0.15) is 0 Å². The lowest BCUT2D eigenvalue weighted by molar-refractivity contribution is -0.117. The summed E-state index contributed by atoms with van der Waals surface area (Å²) in [6.07, 6.45) is 2.25. The van der Waals surface area contributed by atoms with Gasteiger partial charge >= 0.3 is 0 Å². The lowest BCUT2D eigenvalue weighted by Gasteiger charge is -2.19. The molecular formula is C25H30ClN5O3. The SMILES string of the molecule is CCOCc1cc(NC(=O)CN2CCCC2)c(C)c(NC(=O)c2ccc3c(c2)C(Cl)N=NC3)c1. The minimum Gasteiger partial charge on any atom is -0.377 e. The van der Waals surface area contributed by atoms with Crippen molar-refractivity contribution in [2.75, 3.05) is 36.9 Å². The first-order valence-corrected chi connectivity index (χ1v) is 12.1. The fraction of sp³-hybridized carbons (Fsp3) is 0.440. The van der Waals surface area contributed by atoms with Gasteiger partial charge in [0.05, 0.1) is 19.7 Å². The van der Waals surface area contributed by atoms with Crippen molar-refractivity contribution in [1.82, 2.24) is 4.90 Å². The van der Waals surface area contributed by atoms with Crippen molar-refractivity contribution in [2.45, 2.75) is 45.3 Å². The number of amides is 2. The van der Waals surface area contributed by atoms with Gasteiger partial charge in [-0.3, -0.25) is 14.5 Å². The molecule has 180 valence electrons. The molecule has 1 fully saturated rings. The van der Waals surface area contributed by atoms with E-state index in [0.717, 1.165) is 48.2 Å². The van der Waals surface area contributed by atoms with Crippen molar-refractivity contribution < 1.29 is 14.3 Å². The molecule has 2 aromatic carbocycles. The van der Waals surface area contributed by atoms with Crippen LogP contribution in [-0.4, -0.2) is 43.0 Å². The number of likely N-dealkylation sites (tertiary alicyclic amines) is 1. The maximum Gasteiger partial charge on any atom is 0.255 e. The van der Waals surface area contributed by atoms with Crippen molar-refractivity contribution in [3.05, 3.63) is 58.1 Å². The van der Waals surface area contributed by atoms with Gasteiger partial charge < -0.3 is 15.4 Å². The van der Waals surface area contributed by atoms with Gasteiger partial charge in [0.25, 0.3) is 5.91 Å². The molecule has 2 amide bonds. The average molecular weight is 484 g/mol. The summed E-state index contributed by atoms with van der Waals surface area (Å²) in [5.41, 5.74) is 4.59. The Morgan fingerprint density at radius 2 is 1.88 bits per heavy atom. The van der Waals surface area contributed by atoms with Crippen LogP contribution in [0.3, 0.4) is 0 Å². The van der Waals surface area contributed by atoms with E-state index < -0.39 is 5.50 Å². The molecule has 2 aromatic rings. The Morgan fingerprint density at radius 1 is 1.15 bits per heavy atom. The smallest absolute Gasteiger partial charge is 0.255 e. The first kappa shape index (κ1) is 24.3.